The van der Waals surface area contributed by atoms with Crippen LogP contribution in [0, 0.1) is 11.7 Å². The molecule has 26 heavy (non-hydrogen) atoms. The highest BCUT2D eigenvalue weighted by Gasteiger charge is 2.30. The topological polar surface area (TPSA) is 104 Å². The number of rotatable bonds is 5. The number of nitrogens with one attached hydrogen (secondary N) is 3. The molecule has 1 saturated heterocycles. The molecule has 0 spiro atoms. The van der Waals surface area contributed by atoms with Crippen molar-refractivity contribution in [2.24, 2.45) is 5.92 Å². The fourth-order valence-electron chi connectivity index (χ4n) is 2.61. The average Bonchev–Trinajstić information content (AvgIpc) is 2.86. The van der Waals surface area contributed by atoms with E-state index in [1.165, 1.54) is 12.1 Å². The summed E-state index contributed by atoms with van der Waals surface area (Å²) in [5.74, 6) is -1.39. The van der Waals surface area contributed by atoms with Gasteiger partial charge in [-0.05, 0) is 30.5 Å². The molecule has 1 aliphatic rings. The Labute approximate surface area is 156 Å². The first-order chi connectivity index (χ1) is 12.1. The molecule has 144 valence electrons. The maximum Gasteiger partial charge on any atom is 0.315 e. The van der Waals surface area contributed by atoms with Crippen LogP contribution in [0.15, 0.2) is 18.2 Å². The van der Waals surface area contributed by atoms with Crippen molar-refractivity contribution in [3.63, 3.8) is 0 Å². The molecule has 1 aromatic carbocycles. The van der Waals surface area contributed by atoms with Crippen LogP contribution in [0.1, 0.15) is 20.3 Å². The van der Waals surface area contributed by atoms with Crippen molar-refractivity contribution in [3.8, 4) is 0 Å². The Kier molecular flexibility index (Phi) is 6.46. The van der Waals surface area contributed by atoms with E-state index in [0.29, 0.717) is 12.1 Å². The van der Waals surface area contributed by atoms with Gasteiger partial charge in [0.25, 0.3) is 0 Å². The molecular weight excluding hydrogens is 385 g/mol. The molecule has 1 unspecified atom stereocenters. The van der Waals surface area contributed by atoms with Gasteiger partial charge in [0.1, 0.15) is 11.9 Å². The summed E-state index contributed by atoms with van der Waals surface area (Å²) in [7, 11) is -3.12. The summed E-state index contributed by atoms with van der Waals surface area (Å²) in [5, 5.41) is 7.58. The van der Waals surface area contributed by atoms with Gasteiger partial charge in [-0.25, -0.2) is 17.6 Å². The molecule has 0 bridgehead atoms. The largest absolute Gasteiger partial charge is 0.334 e. The average molecular weight is 406 g/mol. The molecule has 3 N–H and O–H groups in total. The second kappa shape index (κ2) is 8.22. The highest BCUT2D eigenvalue weighted by Crippen LogP contribution is 2.20. The van der Waals surface area contributed by atoms with E-state index in [2.05, 4.69) is 16.0 Å². The van der Waals surface area contributed by atoms with Gasteiger partial charge in [-0.2, -0.15) is 0 Å². The quantitative estimate of drug-likeness (QED) is 0.696. The third kappa shape index (κ3) is 5.57. The predicted molar refractivity (Wildman–Crippen MR) is 97.4 cm³/mol. The number of hydrogen-bond donors (Lipinski definition) is 3. The summed E-state index contributed by atoms with van der Waals surface area (Å²) >= 11 is 5.69. The Bertz CT molecular complexity index is 801. The predicted octanol–water partition coefficient (Wildman–Crippen LogP) is 1.93. The lowest BCUT2D eigenvalue weighted by molar-refractivity contribution is -0.118. The van der Waals surface area contributed by atoms with Gasteiger partial charge in [-0.1, -0.05) is 25.4 Å². The van der Waals surface area contributed by atoms with Crippen LogP contribution in [0.25, 0.3) is 0 Å². The molecule has 0 aliphatic carbocycles. The van der Waals surface area contributed by atoms with Crippen molar-refractivity contribution in [3.05, 3.63) is 29.0 Å². The van der Waals surface area contributed by atoms with Crippen LogP contribution in [0.4, 0.5) is 14.9 Å². The fraction of sp³-hybridized carbons (Fsp3) is 0.500. The Morgan fingerprint density at radius 1 is 1.31 bits per heavy atom. The second-order valence-corrected chi connectivity index (χ2v) is 9.19. The van der Waals surface area contributed by atoms with Crippen molar-refractivity contribution in [1.82, 2.24) is 10.6 Å². The second-order valence-electron chi connectivity index (χ2n) is 6.56. The summed E-state index contributed by atoms with van der Waals surface area (Å²) in [4.78, 5) is 24.6. The molecule has 2 atom stereocenters. The zero-order valence-electron chi connectivity index (χ0n) is 14.4. The number of carbonyl (C=O) groups is 2. The van der Waals surface area contributed by atoms with Gasteiger partial charge in [0.15, 0.2) is 9.84 Å². The maximum absolute atomic E-state index is 13.2. The smallest absolute Gasteiger partial charge is 0.315 e. The number of sulfone groups is 1. The lowest BCUT2D eigenvalue weighted by atomic mass is 10.0. The number of urea groups is 1. The molecular formula is C16H21ClFN3O4S. The molecule has 0 radical (unpaired) electrons. The minimum atomic E-state index is -3.12. The van der Waals surface area contributed by atoms with Crippen LogP contribution in [0.3, 0.4) is 0 Å². The molecule has 3 amide bonds. The Morgan fingerprint density at radius 3 is 2.54 bits per heavy atom. The van der Waals surface area contributed by atoms with Crippen LogP contribution in [-0.4, -0.2) is 43.9 Å². The van der Waals surface area contributed by atoms with Crippen LogP contribution in [0.2, 0.25) is 5.02 Å². The lowest BCUT2D eigenvalue weighted by Gasteiger charge is -2.23. The monoisotopic (exact) mass is 405 g/mol. The maximum atomic E-state index is 13.2. The Morgan fingerprint density at radius 2 is 2.00 bits per heavy atom. The minimum absolute atomic E-state index is 0.0391. The van der Waals surface area contributed by atoms with Gasteiger partial charge < -0.3 is 16.0 Å². The Hall–Kier alpha value is -1.87. The first-order valence-corrected chi connectivity index (χ1v) is 10.3. The van der Waals surface area contributed by atoms with E-state index in [-0.39, 0.29) is 22.4 Å². The number of halogens is 2. The minimum Gasteiger partial charge on any atom is -0.334 e. The van der Waals surface area contributed by atoms with Crippen molar-refractivity contribution in [2.75, 3.05) is 16.8 Å². The number of anilines is 1. The molecule has 1 aliphatic heterocycles. The van der Waals surface area contributed by atoms with Crippen LogP contribution < -0.4 is 16.0 Å². The zero-order chi connectivity index (χ0) is 19.5. The molecule has 1 heterocycles. The lowest BCUT2D eigenvalue weighted by Crippen LogP contribution is -2.52. The first-order valence-electron chi connectivity index (χ1n) is 8.11. The fourth-order valence-corrected chi connectivity index (χ4v) is 4.46. The highest BCUT2D eigenvalue weighted by atomic mass is 35.5. The number of hydrogen-bond acceptors (Lipinski definition) is 4. The van der Waals surface area contributed by atoms with E-state index in [1.807, 2.05) is 0 Å². The Balaban J connectivity index is 1.97. The third-order valence-electron chi connectivity index (χ3n) is 3.99. The van der Waals surface area contributed by atoms with E-state index in [9.17, 15) is 22.4 Å². The zero-order valence-corrected chi connectivity index (χ0v) is 16.0. The van der Waals surface area contributed by atoms with Crippen molar-refractivity contribution in [1.29, 1.82) is 0 Å². The van der Waals surface area contributed by atoms with Gasteiger partial charge in [0, 0.05) is 11.7 Å². The van der Waals surface area contributed by atoms with Gasteiger partial charge in [-0.15, -0.1) is 0 Å². The third-order valence-corrected chi connectivity index (χ3v) is 6.05. The molecule has 0 saturated carbocycles. The van der Waals surface area contributed by atoms with E-state index in [1.54, 1.807) is 13.8 Å². The van der Waals surface area contributed by atoms with Crippen molar-refractivity contribution in [2.45, 2.75) is 32.4 Å². The normalized spacial score (nSPS) is 19.8. The summed E-state index contributed by atoms with van der Waals surface area (Å²) in [5.41, 5.74) is 0.302. The molecule has 1 fully saturated rings. The van der Waals surface area contributed by atoms with Crippen LogP contribution in [0.5, 0.6) is 0 Å². The van der Waals surface area contributed by atoms with E-state index < -0.39 is 39.7 Å². The molecule has 10 heteroatoms. The SMILES string of the molecule is CC(C)[C@H](NC(=O)NC1CCS(=O)(=O)C1)C(=O)Nc1ccc(F)c(Cl)c1. The van der Waals surface area contributed by atoms with Crippen LogP contribution in [-0.2, 0) is 14.6 Å². The van der Waals surface area contributed by atoms with Gasteiger partial charge in [0.2, 0.25) is 5.91 Å². The van der Waals surface area contributed by atoms with Gasteiger partial charge in [0.05, 0.1) is 16.5 Å². The molecule has 2 rings (SSSR count). The number of amides is 3. The standard InChI is InChI=1S/C16H21ClFN3O4S/c1-9(2)14(15(22)19-10-3-4-13(18)12(17)7-10)21-16(23)20-11-5-6-26(24,25)8-11/h3-4,7,9,11,14H,5-6,8H2,1-2H3,(H,19,22)(H2,20,21,23)/t11?,14-/m0/s1. The first kappa shape index (κ1) is 20.4. The van der Waals surface area contributed by atoms with Gasteiger partial charge >= 0.3 is 6.03 Å². The number of carbonyl (C=O) groups excluding carboxylic acids is 2. The highest BCUT2D eigenvalue weighted by molar-refractivity contribution is 7.91. The summed E-state index contributed by atoms with van der Waals surface area (Å²) in [6.45, 7) is 3.50. The van der Waals surface area contributed by atoms with E-state index >= 15 is 0 Å². The van der Waals surface area contributed by atoms with Crippen LogP contribution >= 0.6 is 11.6 Å². The van der Waals surface area contributed by atoms with E-state index in [4.69, 9.17) is 11.6 Å². The van der Waals surface area contributed by atoms with Crippen molar-refractivity contribution >= 4 is 39.1 Å². The molecule has 7 nitrogen and oxygen atoms in total. The summed E-state index contributed by atoms with van der Waals surface area (Å²) in [6.07, 6.45) is 0.350. The summed E-state index contributed by atoms with van der Waals surface area (Å²) < 4.78 is 36.1. The van der Waals surface area contributed by atoms with Gasteiger partial charge in [-0.3, -0.25) is 4.79 Å². The molecule has 0 aromatic heterocycles. The number of benzene rings is 1. The van der Waals surface area contributed by atoms with E-state index in [0.717, 1.165) is 6.07 Å². The molecule has 1 aromatic rings. The summed E-state index contributed by atoms with van der Waals surface area (Å²) in [6, 6.07) is 1.82. The van der Waals surface area contributed by atoms with Crippen molar-refractivity contribution < 1.29 is 22.4 Å².